The van der Waals surface area contributed by atoms with Crippen LogP contribution < -0.4 is 5.32 Å². The van der Waals surface area contributed by atoms with E-state index in [9.17, 15) is 4.79 Å². The van der Waals surface area contributed by atoms with Crippen molar-refractivity contribution in [3.05, 3.63) is 83.9 Å². The average molecular weight is 393 g/mol. The predicted octanol–water partition coefficient (Wildman–Crippen LogP) is 5.32. The van der Waals surface area contributed by atoms with Gasteiger partial charge in [0.25, 0.3) is 0 Å². The summed E-state index contributed by atoms with van der Waals surface area (Å²) >= 11 is 1.64. The Morgan fingerprint density at radius 2 is 1.75 bits per heavy atom. The van der Waals surface area contributed by atoms with Crippen LogP contribution in [0.3, 0.4) is 0 Å². The monoisotopic (exact) mass is 392 g/mol. The number of carbonyl (C=O) groups is 1. The molecular weight excluding hydrogens is 368 g/mol. The topological polar surface area (TPSA) is 59.8 Å². The Labute approximate surface area is 169 Å². The summed E-state index contributed by atoms with van der Waals surface area (Å²) in [5.74, 6) is 0.830. The average Bonchev–Trinajstić information content (AvgIpc) is 3.27. The highest BCUT2D eigenvalue weighted by Gasteiger charge is 2.21. The Kier molecular flexibility index (Phi) is 7.44. The zero-order valence-electron chi connectivity index (χ0n) is 15.9. The second kappa shape index (κ2) is 10.5. The number of hydrogen-bond acceptors (Lipinski definition) is 5. The SMILES string of the molecule is CCCCCSC(Nc1ccccc1)=C(C(=O)c1ccccc1)n1cncn1. The van der Waals surface area contributed by atoms with E-state index in [-0.39, 0.29) is 5.78 Å². The summed E-state index contributed by atoms with van der Waals surface area (Å²) in [6, 6.07) is 19.1. The van der Waals surface area contributed by atoms with E-state index in [1.165, 1.54) is 6.33 Å². The molecule has 0 unspecified atom stereocenters. The van der Waals surface area contributed by atoms with Crippen molar-refractivity contribution in [3.8, 4) is 0 Å². The number of allylic oxidation sites excluding steroid dienone is 1. The van der Waals surface area contributed by atoms with E-state index in [0.29, 0.717) is 11.3 Å². The van der Waals surface area contributed by atoms with E-state index in [2.05, 4.69) is 22.3 Å². The minimum absolute atomic E-state index is 0.0903. The Morgan fingerprint density at radius 1 is 1.04 bits per heavy atom. The molecule has 0 aliphatic rings. The van der Waals surface area contributed by atoms with Crippen molar-refractivity contribution < 1.29 is 4.79 Å². The van der Waals surface area contributed by atoms with Crippen molar-refractivity contribution >= 4 is 28.9 Å². The maximum Gasteiger partial charge on any atom is 0.214 e. The lowest BCUT2D eigenvalue weighted by Gasteiger charge is -2.16. The number of unbranched alkanes of at least 4 members (excludes halogenated alkanes) is 2. The van der Waals surface area contributed by atoms with Gasteiger partial charge in [-0.2, -0.15) is 5.10 Å². The van der Waals surface area contributed by atoms with Crippen molar-refractivity contribution in [2.45, 2.75) is 26.2 Å². The number of nitrogens with zero attached hydrogens (tertiary/aromatic N) is 3. The summed E-state index contributed by atoms with van der Waals surface area (Å²) in [5, 5.41) is 8.45. The second-order valence-electron chi connectivity index (χ2n) is 6.26. The van der Waals surface area contributed by atoms with Crippen LogP contribution in [0.2, 0.25) is 0 Å². The summed E-state index contributed by atoms with van der Waals surface area (Å²) < 4.78 is 1.55. The summed E-state index contributed by atoms with van der Waals surface area (Å²) in [4.78, 5) is 17.4. The van der Waals surface area contributed by atoms with Crippen molar-refractivity contribution in [1.82, 2.24) is 14.8 Å². The first-order valence-corrected chi connectivity index (χ1v) is 10.4. The highest BCUT2D eigenvalue weighted by Crippen LogP contribution is 2.28. The number of carbonyl (C=O) groups excluding carboxylic acids is 1. The molecule has 3 rings (SSSR count). The number of hydrogen-bond donors (Lipinski definition) is 1. The fourth-order valence-electron chi connectivity index (χ4n) is 2.70. The number of para-hydroxylation sites is 1. The molecular formula is C22H24N4OS. The van der Waals surface area contributed by atoms with Gasteiger partial charge in [-0.1, -0.05) is 68.3 Å². The normalized spacial score (nSPS) is 11.8. The molecule has 0 aliphatic heterocycles. The van der Waals surface area contributed by atoms with Crippen LogP contribution in [0.1, 0.15) is 36.5 Å². The molecule has 0 aliphatic carbocycles. The highest BCUT2D eigenvalue weighted by atomic mass is 32.2. The maximum atomic E-state index is 13.4. The fourth-order valence-corrected chi connectivity index (χ4v) is 3.77. The number of rotatable bonds is 10. The maximum absolute atomic E-state index is 13.4. The molecule has 5 nitrogen and oxygen atoms in total. The molecule has 0 bridgehead atoms. The molecule has 0 radical (unpaired) electrons. The molecule has 6 heteroatoms. The van der Waals surface area contributed by atoms with Crippen LogP contribution in [0.15, 0.2) is 78.3 Å². The van der Waals surface area contributed by atoms with E-state index in [1.54, 1.807) is 22.8 Å². The summed E-state index contributed by atoms with van der Waals surface area (Å²) in [6.45, 7) is 2.18. The predicted molar refractivity (Wildman–Crippen MR) is 116 cm³/mol. The van der Waals surface area contributed by atoms with Crippen LogP contribution >= 0.6 is 11.8 Å². The lowest BCUT2D eigenvalue weighted by Crippen LogP contribution is -2.15. The highest BCUT2D eigenvalue weighted by molar-refractivity contribution is 8.03. The molecule has 0 spiro atoms. The quantitative estimate of drug-likeness (QED) is 0.287. The van der Waals surface area contributed by atoms with Crippen LogP contribution in [-0.2, 0) is 0 Å². The van der Waals surface area contributed by atoms with Crippen LogP contribution in [0, 0.1) is 0 Å². The van der Waals surface area contributed by atoms with E-state index < -0.39 is 0 Å². The molecule has 0 atom stereocenters. The molecule has 1 heterocycles. The van der Waals surface area contributed by atoms with Crippen LogP contribution in [0.5, 0.6) is 0 Å². The molecule has 0 saturated carbocycles. The zero-order chi connectivity index (χ0) is 19.6. The lowest BCUT2D eigenvalue weighted by atomic mass is 10.1. The van der Waals surface area contributed by atoms with Gasteiger partial charge in [0.2, 0.25) is 5.78 Å². The fraction of sp³-hybridized carbons (Fsp3) is 0.227. The van der Waals surface area contributed by atoms with Crippen LogP contribution in [0.25, 0.3) is 5.70 Å². The molecule has 2 aromatic carbocycles. The van der Waals surface area contributed by atoms with Crippen LogP contribution in [-0.4, -0.2) is 26.3 Å². The molecule has 1 aromatic heterocycles. The van der Waals surface area contributed by atoms with Crippen molar-refractivity contribution in [2.24, 2.45) is 0 Å². The molecule has 0 fully saturated rings. The third kappa shape index (κ3) is 5.33. The molecule has 1 N–H and O–H groups in total. The van der Waals surface area contributed by atoms with Gasteiger partial charge in [-0.3, -0.25) is 4.79 Å². The van der Waals surface area contributed by atoms with E-state index in [1.807, 2.05) is 60.7 Å². The minimum atomic E-state index is -0.0903. The first-order chi connectivity index (χ1) is 13.8. The number of Topliss-reactive ketones (excluding diaryl/α,β-unsaturated/α-hetero) is 1. The summed E-state index contributed by atoms with van der Waals surface area (Å²) in [7, 11) is 0. The van der Waals surface area contributed by atoms with Gasteiger partial charge in [-0.25, -0.2) is 9.67 Å². The number of anilines is 1. The number of thioether (sulfide) groups is 1. The Bertz CT molecular complexity index is 893. The minimum Gasteiger partial charge on any atom is -0.348 e. The third-order valence-corrected chi connectivity index (χ3v) is 5.22. The smallest absolute Gasteiger partial charge is 0.214 e. The molecule has 28 heavy (non-hydrogen) atoms. The number of nitrogens with one attached hydrogen (secondary N) is 1. The number of benzene rings is 2. The van der Waals surface area contributed by atoms with Gasteiger partial charge in [-0.15, -0.1) is 11.8 Å². The van der Waals surface area contributed by atoms with Crippen molar-refractivity contribution in [1.29, 1.82) is 0 Å². The first kappa shape index (κ1) is 19.9. The number of aromatic nitrogens is 3. The van der Waals surface area contributed by atoms with Gasteiger partial charge in [-0.05, 0) is 24.3 Å². The van der Waals surface area contributed by atoms with Gasteiger partial charge < -0.3 is 5.32 Å². The Balaban J connectivity index is 2.01. The van der Waals surface area contributed by atoms with Crippen molar-refractivity contribution in [2.75, 3.05) is 11.1 Å². The lowest BCUT2D eigenvalue weighted by molar-refractivity contribution is 0.104. The van der Waals surface area contributed by atoms with E-state index in [4.69, 9.17) is 0 Å². The molecule has 3 aromatic rings. The van der Waals surface area contributed by atoms with Gasteiger partial charge in [0.1, 0.15) is 23.4 Å². The number of ketones is 1. The molecule has 144 valence electrons. The van der Waals surface area contributed by atoms with E-state index in [0.717, 1.165) is 35.7 Å². The Hall–Kier alpha value is -2.86. The molecule has 0 amide bonds. The van der Waals surface area contributed by atoms with Gasteiger partial charge in [0.15, 0.2) is 0 Å². The first-order valence-electron chi connectivity index (χ1n) is 9.43. The van der Waals surface area contributed by atoms with Crippen LogP contribution in [0.4, 0.5) is 5.69 Å². The summed E-state index contributed by atoms with van der Waals surface area (Å²) in [5.41, 5.74) is 2.03. The second-order valence-corrected chi connectivity index (χ2v) is 7.36. The van der Waals surface area contributed by atoms with Crippen molar-refractivity contribution in [3.63, 3.8) is 0 Å². The third-order valence-electron chi connectivity index (χ3n) is 4.14. The van der Waals surface area contributed by atoms with Gasteiger partial charge in [0, 0.05) is 11.3 Å². The summed E-state index contributed by atoms with van der Waals surface area (Å²) in [6.07, 6.45) is 6.42. The molecule has 0 saturated heterocycles. The zero-order valence-corrected chi connectivity index (χ0v) is 16.7. The van der Waals surface area contributed by atoms with Gasteiger partial charge >= 0.3 is 0 Å². The van der Waals surface area contributed by atoms with Gasteiger partial charge in [0.05, 0.1) is 0 Å². The largest absolute Gasteiger partial charge is 0.348 e. The van der Waals surface area contributed by atoms with E-state index >= 15 is 0 Å². The Morgan fingerprint density at radius 3 is 2.39 bits per heavy atom. The standard InChI is InChI=1S/C22H24N4OS/c1-2-3-10-15-28-22(25-19-13-8-5-9-14-19)20(26-17-23-16-24-26)21(27)18-11-6-4-7-12-18/h4-9,11-14,16-17,25H,2-3,10,15H2,1H3.